The number of amides is 1. The molecule has 1 amide bonds. The van der Waals surface area contributed by atoms with Gasteiger partial charge in [0.15, 0.2) is 0 Å². The Balaban J connectivity index is 1.15. The van der Waals surface area contributed by atoms with E-state index in [1.54, 1.807) is 0 Å². The molecule has 0 bridgehead atoms. The van der Waals surface area contributed by atoms with Gasteiger partial charge in [-0.25, -0.2) is 4.79 Å². The Morgan fingerprint density at radius 3 is 2.73 bits per heavy atom. The lowest BCUT2D eigenvalue weighted by molar-refractivity contribution is -0.143. The second-order valence-electron chi connectivity index (χ2n) is 11.7. The highest BCUT2D eigenvalue weighted by Gasteiger charge is 2.43. The number of aliphatic hydroxyl groups is 1. The Kier molecular flexibility index (Phi) is 7.13. The molecule has 2 fully saturated rings. The first-order valence-corrected chi connectivity index (χ1v) is 14.5. The third-order valence-corrected chi connectivity index (χ3v) is 9.23. The third-order valence-electron chi connectivity index (χ3n) is 9.23. The highest BCUT2D eigenvalue weighted by atomic mass is 16.5. The van der Waals surface area contributed by atoms with Crippen molar-refractivity contribution < 1.29 is 19.1 Å². The van der Waals surface area contributed by atoms with Gasteiger partial charge in [-0.1, -0.05) is 49.2 Å². The van der Waals surface area contributed by atoms with E-state index in [1.165, 1.54) is 10.8 Å². The fraction of sp³-hybridized carbons (Fsp3) is 0.412. The van der Waals surface area contributed by atoms with Crippen molar-refractivity contribution in [3.05, 3.63) is 87.3 Å². The van der Waals surface area contributed by atoms with Gasteiger partial charge in [0.1, 0.15) is 17.9 Å². The zero-order valence-corrected chi connectivity index (χ0v) is 23.4. The minimum absolute atomic E-state index is 0.0418. The molecule has 208 valence electrons. The van der Waals surface area contributed by atoms with Crippen LogP contribution in [0, 0.1) is 19.8 Å². The Bertz CT molecular complexity index is 1640. The summed E-state index contributed by atoms with van der Waals surface area (Å²) in [6, 6.07) is 18.4. The lowest BCUT2D eigenvalue weighted by atomic mass is 9.71. The molecule has 6 nitrogen and oxygen atoms in total. The van der Waals surface area contributed by atoms with E-state index in [9.17, 15) is 14.7 Å². The van der Waals surface area contributed by atoms with E-state index in [0.717, 1.165) is 47.8 Å². The maximum Gasteiger partial charge on any atom is 0.339 e. The molecule has 2 aliphatic rings. The largest absolute Gasteiger partial charge is 0.488 e. The van der Waals surface area contributed by atoms with Gasteiger partial charge in [0, 0.05) is 41.9 Å². The molecular formula is C34H37NO5. The molecule has 2 heterocycles. The molecule has 1 saturated heterocycles. The molecule has 2 atom stereocenters. The Hall–Kier alpha value is -3.64. The second-order valence-corrected chi connectivity index (χ2v) is 11.7. The van der Waals surface area contributed by atoms with E-state index in [4.69, 9.17) is 9.15 Å². The van der Waals surface area contributed by atoms with Gasteiger partial charge in [0.25, 0.3) is 0 Å². The van der Waals surface area contributed by atoms with Crippen molar-refractivity contribution in [2.45, 2.75) is 71.0 Å². The van der Waals surface area contributed by atoms with Crippen LogP contribution in [0.2, 0.25) is 0 Å². The van der Waals surface area contributed by atoms with Crippen LogP contribution in [-0.2, 0) is 17.8 Å². The number of nitrogens with zero attached hydrogens (tertiary/aromatic N) is 1. The van der Waals surface area contributed by atoms with Crippen molar-refractivity contribution in [3.8, 4) is 5.75 Å². The van der Waals surface area contributed by atoms with Crippen LogP contribution in [0.3, 0.4) is 0 Å². The molecule has 0 radical (unpaired) electrons. The molecule has 4 aromatic rings. The average Bonchev–Trinajstić information content (AvgIpc) is 2.96. The van der Waals surface area contributed by atoms with Crippen LogP contribution >= 0.6 is 0 Å². The van der Waals surface area contributed by atoms with Crippen LogP contribution in [0.1, 0.15) is 60.8 Å². The lowest BCUT2D eigenvalue weighted by Gasteiger charge is -2.47. The minimum atomic E-state index is -0.610. The average molecular weight is 540 g/mol. The zero-order chi connectivity index (χ0) is 27.9. The number of hydrogen-bond donors (Lipinski definition) is 1. The first-order valence-electron chi connectivity index (χ1n) is 14.5. The zero-order valence-electron chi connectivity index (χ0n) is 23.4. The van der Waals surface area contributed by atoms with E-state index in [2.05, 4.69) is 30.3 Å². The van der Waals surface area contributed by atoms with Crippen LogP contribution in [0.5, 0.6) is 5.75 Å². The SMILES string of the molecule is Cc1c(CCC(=O)N2CC[C@@]3(O)CCCC[C@H]3C2)c(=O)oc2c(C)c(OCc3ccc4ccccc4c3)ccc12. The van der Waals surface area contributed by atoms with Gasteiger partial charge >= 0.3 is 5.63 Å². The van der Waals surface area contributed by atoms with E-state index < -0.39 is 11.2 Å². The van der Waals surface area contributed by atoms with Crippen LogP contribution in [0.15, 0.2) is 63.8 Å². The summed E-state index contributed by atoms with van der Waals surface area (Å²) in [7, 11) is 0. The number of rotatable bonds is 6. The van der Waals surface area contributed by atoms with Crippen molar-refractivity contribution in [3.63, 3.8) is 0 Å². The fourth-order valence-corrected chi connectivity index (χ4v) is 6.69. The molecule has 40 heavy (non-hydrogen) atoms. The van der Waals surface area contributed by atoms with Gasteiger partial charge < -0.3 is 19.2 Å². The molecule has 1 N–H and O–H groups in total. The standard InChI is InChI=1S/C34H37NO5/c1-22-28-12-14-30(39-21-24-10-11-25-7-3-4-8-26(25)19-24)23(2)32(28)40-33(37)29(22)13-15-31(36)35-18-17-34(38)16-6-5-9-27(34)20-35/h3-4,7-8,10-12,14,19,27,38H,5-6,9,13,15-18,20-21H2,1-2H3/t27-,34-/m0/s1. The molecule has 6 heteroatoms. The Labute approximate surface area is 234 Å². The van der Waals surface area contributed by atoms with E-state index in [1.807, 2.05) is 43.0 Å². The number of hydrogen-bond acceptors (Lipinski definition) is 5. The summed E-state index contributed by atoms with van der Waals surface area (Å²) in [6.07, 6.45) is 5.23. The molecule has 1 aromatic heterocycles. The van der Waals surface area contributed by atoms with Crippen LogP contribution < -0.4 is 10.4 Å². The normalized spacial score (nSPS) is 21.0. The molecule has 6 rings (SSSR count). The quantitative estimate of drug-likeness (QED) is 0.294. The number of carbonyl (C=O) groups is 1. The number of benzene rings is 3. The van der Waals surface area contributed by atoms with E-state index in [0.29, 0.717) is 49.4 Å². The second kappa shape index (κ2) is 10.7. The molecule has 1 aliphatic carbocycles. The molecule has 1 aliphatic heterocycles. The number of aryl methyl sites for hydroxylation is 2. The van der Waals surface area contributed by atoms with Crippen molar-refractivity contribution >= 4 is 27.6 Å². The molecule has 1 saturated carbocycles. The Morgan fingerprint density at radius 1 is 1.05 bits per heavy atom. The smallest absolute Gasteiger partial charge is 0.339 e. The van der Waals surface area contributed by atoms with Crippen LogP contribution in [0.25, 0.3) is 21.7 Å². The monoisotopic (exact) mass is 539 g/mol. The van der Waals surface area contributed by atoms with Gasteiger partial charge in [0.2, 0.25) is 5.91 Å². The molecule has 3 aromatic carbocycles. The highest BCUT2D eigenvalue weighted by Crippen LogP contribution is 2.40. The van der Waals surface area contributed by atoms with Crippen LogP contribution in [0.4, 0.5) is 0 Å². The summed E-state index contributed by atoms with van der Waals surface area (Å²) in [6.45, 7) is 5.44. The Morgan fingerprint density at radius 2 is 1.88 bits per heavy atom. The predicted molar refractivity (Wildman–Crippen MR) is 157 cm³/mol. The number of piperidine rings is 1. The first kappa shape index (κ1) is 26.6. The summed E-state index contributed by atoms with van der Waals surface area (Å²) in [5.41, 5.74) is 2.78. The third kappa shape index (κ3) is 5.01. The van der Waals surface area contributed by atoms with Gasteiger partial charge in [0.05, 0.1) is 5.60 Å². The lowest BCUT2D eigenvalue weighted by Crippen LogP contribution is -2.54. The predicted octanol–water partition coefficient (Wildman–Crippen LogP) is 6.23. The number of likely N-dealkylation sites (tertiary alicyclic amines) is 1. The first-order chi connectivity index (χ1) is 19.3. The summed E-state index contributed by atoms with van der Waals surface area (Å²) in [5, 5.41) is 14.2. The van der Waals surface area contributed by atoms with Crippen molar-refractivity contribution in [1.82, 2.24) is 4.90 Å². The van der Waals surface area contributed by atoms with Crippen LogP contribution in [-0.4, -0.2) is 34.6 Å². The highest BCUT2D eigenvalue weighted by molar-refractivity contribution is 5.86. The van der Waals surface area contributed by atoms with Crippen molar-refractivity contribution in [2.24, 2.45) is 5.92 Å². The molecule has 0 unspecified atom stereocenters. The number of fused-ring (bicyclic) bond motifs is 3. The fourth-order valence-electron chi connectivity index (χ4n) is 6.69. The van der Waals surface area contributed by atoms with E-state index >= 15 is 0 Å². The van der Waals surface area contributed by atoms with E-state index in [-0.39, 0.29) is 18.2 Å². The summed E-state index contributed by atoms with van der Waals surface area (Å²) < 4.78 is 12.0. The number of carbonyl (C=O) groups excluding carboxylic acids is 1. The van der Waals surface area contributed by atoms with Crippen molar-refractivity contribution in [1.29, 1.82) is 0 Å². The van der Waals surface area contributed by atoms with Gasteiger partial charge in [-0.3, -0.25) is 4.79 Å². The van der Waals surface area contributed by atoms with Gasteiger partial charge in [-0.05, 0) is 79.6 Å². The maximum absolute atomic E-state index is 13.1. The summed E-state index contributed by atoms with van der Waals surface area (Å²) in [4.78, 5) is 28.0. The topological polar surface area (TPSA) is 80.0 Å². The molecular weight excluding hydrogens is 502 g/mol. The van der Waals surface area contributed by atoms with Gasteiger partial charge in [-0.2, -0.15) is 0 Å². The maximum atomic E-state index is 13.1. The number of ether oxygens (including phenoxy) is 1. The molecule has 0 spiro atoms. The summed E-state index contributed by atoms with van der Waals surface area (Å²) >= 11 is 0. The summed E-state index contributed by atoms with van der Waals surface area (Å²) in [5.74, 6) is 0.881. The van der Waals surface area contributed by atoms with Gasteiger partial charge in [-0.15, -0.1) is 0 Å². The minimum Gasteiger partial charge on any atom is -0.488 e. The van der Waals surface area contributed by atoms with Crippen molar-refractivity contribution in [2.75, 3.05) is 13.1 Å².